The van der Waals surface area contributed by atoms with Crippen molar-refractivity contribution >= 4 is 23.5 Å². The molecule has 0 aromatic heterocycles. The number of carbonyl (C=O) groups is 2. The van der Waals surface area contributed by atoms with Gasteiger partial charge in [0.15, 0.2) is 0 Å². The van der Waals surface area contributed by atoms with Crippen molar-refractivity contribution < 1.29 is 14.7 Å². The number of aliphatic carboxylic acids is 1. The highest BCUT2D eigenvalue weighted by atomic mass is 35.5. The quantitative estimate of drug-likeness (QED) is 0.751. The van der Waals surface area contributed by atoms with Gasteiger partial charge in [0.2, 0.25) is 5.91 Å². The van der Waals surface area contributed by atoms with Crippen molar-refractivity contribution in [3.8, 4) is 0 Å². The highest BCUT2D eigenvalue weighted by Gasteiger charge is 2.37. The van der Waals surface area contributed by atoms with Gasteiger partial charge in [-0.2, -0.15) is 0 Å². The summed E-state index contributed by atoms with van der Waals surface area (Å²) in [5, 5.41) is 9.13. The van der Waals surface area contributed by atoms with Crippen molar-refractivity contribution in [2.45, 2.75) is 32.7 Å². The lowest BCUT2D eigenvalue weighted by atomic mass is 10.0. The maximum absolute atomic E-state index is 11.7. The maximum Gasteiger partial charge on any atom is 0.326 e. The average Bonchev–Trinajstić information content (AvgIpc) is 2.55. The molecule has 16 heavy (non-hydrogen) atoms. The van der Waals surface area contributed by atoms with E-state index < -0.39 is 12.0 Å². The summed E-state index contributed by atoms with van der Waals surface area (Å²) in [5.74, 6) is -0.237. The second-order valence-corrected chi connectivity index (χ2v) is 5.06. The molecule has 0 spiro atoms. The molecule has 0 radical (unpaired) electrons. The van der Waals surface area contributed by atoms with Gasteiger partial charge in [0.05, 0.1) is 0 Å². The molecule has 0 aliphatic carbocycles. The number of carboxylic acids is 1. The molecule has 2 atom stereocenters. The standard InChI is InChI=1S/C11H18ClNO3/c1-7(2)3-9(11(15)16)13-6-8(5-12)4-10(13)14/h7-9H,3-6H2,1-2H3,(H,15,16). The molecule has 1 fully saturated rings. The van der Waals surface area contributed by atoms with Crippen LogP contribution >= 0.6 is 11.6 Å². The van der Waals surface area contributed by atoms with Gasteiger partial charge >= 0.3 is 5.97 Å². The van der Waals surface area contributed by atoms with Crippen LogP contribution in [0.4, 0.5) is 0 Å². The number of hydrogen-bond acceptors (Lipinski definition) is 2. The van der Waals surface area contributed by atoms with Crippen LogP contribution in [0.15, 0.2) is 0 Å². The third-order valence-electron chi connectivity index (χ3n) is 2.81. The van der Waals surface area contributed by atoms with Crippen LogP contribution in [0.25, 0.3) is 0 Å². The van der Waals surface area contributed by atoms with Crippen LogP contribution in [0.2, 0.25) is 0 Å². The molecule has 0 saturated carbocycles. The predicted octanol–water partition coefficient (Wildman–Crippen LogP) is 1.57. The largest absolute Gasteiger partial charge is 0.480 e. The Bertz CT molecular complexity index is 280. The van der Waals surface area contributed by atoms with E-state index in [9.17, 15) is 9.59 Å². The molecule has 0 bridgehead atoms. The number of alkyl halides is 1. The van der Waals surface area contributed by atoms with Crippen LogP contribution in [0.3, 0.4) is 0 Å². The van der Waals surface area contributed by atoms with E-state index in [0.717, 1.165) is 0 Å². The van der Waals surface area contributed by atoms with E-state index in [0.29, 0.717) is 25.3 Å². The molecule has 92 valence electrons. The summed E-state index contributed by atoms with van der Waals surface area (Å²) in [5.41, 5.74) is 0. The number of rotatable bonds is 5. The Morgan fingerprint density at radius 1 is 1.62 bits per heavy atom. The third-order valence-corrected chi connectivity index (χ3v) is 3.25. The van der Waals surface area contributed by atoms with Gasteiger partial charge in [-0.1, -0.05) is 13.8 Å². The first-order valence-electron chi connectivity index (χ1n) is 5.54. The Morgan fingerprint density at radius 3 is 2.62 bits per heavy atom. The number of carbonyl (C=O) groups excluding carboxylic acids is 1. The molecule has 1 aliphatic heterocycles. The van der Waals surface area contributed by atoms with Crippen molar-refractivity contribution in [1.29, 1.82) is 0 Å². The van der Waals surface area contributed by atoms with Crippen molar-refractivity contribution in [1.82, 2.24) is 4.90 Å². The van der Waals surface area contributed by atoms with Gasteiger partial charge in [-0.15, -0.1) is 11.6 Å². The van der Waals surface area contributed by atoms with Crippen molar-refractivity contribution in [2.75, 3.05) is 12.4 Å². The first kappa shape index (κ1) is 13.3. The van der Waals surface area contributed by atoms with Gasteiger partial charge in [-0.25, -0.2) is 4.79 Å². The fourth-order valence-electron chi connectivity index (χ4n) is 2.02. The molecule has 1 aliphatic rings. The second kappa shape index (κ2) is 5.53. The third kappa shape index (κ3) is 3.11. The Balaban J connectivity index is 2.71. The van der Waals surface area contributed by atoms with Crippen LogP contribution in [-0.2, 0) is 9.59 Å². The number of nitrogens with zero attached hydrogens (tertiary/aromatic N) is 1. The Kier molecular flexibility index (Phi) is 4.59. The summed E-state index contributed by atoms with van der Waals surface area (Å²) < 4.78 is 0. The highest BCUT2D eigenvalue weighted by Crippen LogP contribution is 2.24. The number of halogens is 1. The van der Waals surface area contributed by atoms with Crippen LogP contribution in [-0.4, -0.2) is 40.3 Å². The zero-order chi connectivity index (χ0) is 12.3. The minimum Gasteiger partial charge on any atom is -0.480 e. The van der Waals surface area contributed by atoms with Crippen molar-refractivity contribution in [3.05, 3.63) is 0 Å². The minimum atomic E-state index is -0.919. The second-order valence-electron chi connectivity index (χ2n) is 4.75. The van der Waals surface area contributed by atoms with Gasteiger partial charge in [-0.3, -0.25) is 4.79 Å². The van der Waals surface area contributed by atoms with E-state index >= 15 is 0 Å². The first-order valence-corrected chi connectivity index (χ1v) is 6.07. The average molecular weight is 248 g/mol. The first-order chi connectivity index (χ1) is 7.45. The monoisotopic (exact) mass is 247 g/mol. The predicted molar refractivity (Wildman–Crippen MR) is 61.4 cm³/mol. The number of carboxylic acid groups (broad SMARTS) is 1. The Labute approximate surface area is 101 Å². The molecular weight excluding hydrogens is 230 g/mol. The number of amides is 1. The lowest BCUT2D eigenvalue weighted by molar-refractivity contribution is -0.149. The van der Waals surface area contributed by atoms with Gasteiger partial charge in [0.1, 0.15) is 6.04 Å². The van der Waals surface area contributed by atoms with Crippen LogP contribution in [0.1, 0.15) is 26.7 Å². The topological polar surface area (TPSA) is 57.6 Å². The molecule has 1 N–H and O–H groups in total. The smallest absolute Gasteiger partial charge is 0.326 e. The summed E-state index contributed by atoms with van der Waals surface area (Å²) in [7, 11) is 0. The summed E-state index contributed by atoms with van der Waals surface area (Å²) in [6, 6.07) is -0.694. The fraction of sp³-hybridized carbons (Fsp3) is 0.818. The molecular formula is C11H18ClNO3. The number of likely N-dealkylation sites (tertiary alicyclic amines) is 1. The van der Waals surface area contributed by atoms with Gasteiger partial charge in [0, 0.05) is 18.8 Å². The normalized spacial score (nSPS) is 22.9. The molecule has 2 unspecified atom stereocenters. The van der Waals surface area contributed by atoms with Crippen LogP contribution in [0.5, 0.6) is 0 Å². The molecule has 0 aromatic carbocycles. The maximum atomic E-state index is 11.7. The zero-order valence-electron chi connectivity index (χ0n) is 9.65. The highest BCUT2D eigenvalue weighted by molar-refractivity contribution is 6.18. The lowest BCUT2D eigenvalue weighted by Gasteiger charge is -2.25. The van der Waals surface area contributed by atoms with E-state index in [2.05, 4.69) is 0 Å². The molecule has 5 heteroatoms. The lowest BCUT2D eigenvalue weighted by Crippen LogP contribution is -2.43. The zero-order valence-corrected chi connectivity index (χ0v) is 10.4. The molecule has 0 aromatic rings. The van der Waals surface area contributed by atoms with Gasteiger partial charge < -0.3 is 10.0 Å². The molecule has 4 nitrogen and oxygen atoms in total. The number of hydrogen-bond donors (Lipinski definition) is 1. The van der Waals surface area contributed by atoms with Crippen LogP contribution in [0, 0.1) is 11.8 Å². The van der Waals surface area contributed by atoms with Gasteiger partial charge in [-0.05, 0) is 18.3 Å². The summed E-state index contributed by atoms with van der Waals surface area (Å²) in [6.07, 6.45) is 0.876. The fourth-order valence-corrected chi connectivity index (χ4v) is 2.23. The van der Waals surface area contributed by atoms with E-state index in [-0.39, 0.29) is 17.7 Å². The van der Waals surface area contributed by atoms with Gasteiger partial charge in [0.25, 0.3) is 0 Å². The summed E-state index contributed by atoms with van der Waals surface area (Å²) in [4.78, 5) is 24.3. The minimum absolute atomic E-state index is 0.0845. The van der Waals surface area contributed by atoms with E-state index in [4.69, 9.17) is 16.7 Å². The van der Waals surface area contributed by atoms with E-state index in [1.807, 2.05) is 13.8 Å². The van der Waals surface area contributed by atoms with Crippen LogP contribution < -0.4 is 0 Å². The molecule has 1 saturated heterocycles. The summed E-state index contributed by atoms with van der Waals surface area (Å²) >= 11 is 5.70. The molecule has 1 rings (SSSR count). The molecule has 1 amide bonds. The SMILES string of the molecule is CC(C)CC(C(=O)O)N1CC(CCl)CC1=O. The van der Waals surface area contributed by atoms with Crippen molar-refractivity contribution in [2.24, 2.45) is 11.8 Å². The van der Waals surface area contributed by atoms with Crippen molar-refractivity contribution in [3.63, 3.8) is 0 Å². The Hall–Kier alpha value is -0.770. The molecule has 1 heterocycles. The Morgan fingerprint density at radius 2 is 2.25 bits per heavy atom. The van der Waals surface area contributed by atoms with E-state index in [1.165, 1.54) is 4.90 Å². The van der Waals surface area contributed by atoms with E-state index in [1.54, 1.807) is 0 Å². The summed E-state index contributed by atoms with van der Waals surface area (Å²) in [6.45, 7) is 4.39.